The van der Waals surface area contributed by atoms with Gasteiger partial charge in [0.2, 0.25) is 0 Å². The normalized spacial score (nSPS) is 10.8. The zero-order chi connectivity index (χ0) is 25.7. The number of hydrogen-bond donors (Lipinski definition) is 1. The predicted molar refractivity (Wildman–Crippen MR) is 145 cm³/mol. The molecule has 0 atom stereocenters. The van der Waals surface area contributed by atoms with Crippen LogP contribution in [0.1, 0.15) is 0 Å². The molecule has 1 amide bonds. The molecule has 0 fully saturated rings. The van der Waals surface area contributed by atoms with E-state index in [0.717, 1.165) is 22.3 Å². The highest BCUT2D eigenvalue weighted by molar-refractivity contribution is 5.92. The van der Waals surface area contributed by atoms with Gasteiger partial charge in [0.05, 0.1) is 5.69 Å². The van der Waals surface area contributed by atoms with E-state index in [4.69, 9.17) is 9.84 Å². The molecule has 6 aromatic rings. The Morgan fingerprint density at radius 1 is 0.763 bits per heavy atom. The fraction of sp³-hybridized carbons (Fsp3) is 0.0333. The van der Waals surface area contributed by atoms with E-state index in [9.17, 15) is 4.79 Å². The summed E-state index contributed by atoms with van der Waals surface area (Å²) in [5, 5.41) is 16.1. The third-order valence-corrected chi connectivity index (χ3v) is 5.96. The number of pyridine rings is 1. The van der Waals surface area contributed by atoms with Crippen LogP contribution < -0.4 is 10.1 Å². The van der Waals surface area contributed by atoms with Gasteiger partial charge in [0.1, 0.15) is 5.75 Å². The van der Waals surface area contributed by atoms with Crippen molar-refractivity contribution in [3.05, 3.63) is 116 Å². The van der Waals surface area contributed by atoms with E-state index >= 15 is 0 Å². The molecule has 0 bridgehead atoms. The molecule has 0 aliphatic carbocycles. The van der Waals surface area contributed by atoms with Crippen molar-refractivity contribution in [2.45, 2.75) is 0 Å². The molecule has 3 aromatic carbocycles. The SMILES string of the molecule is O=C(COc1ccc(-c2ccccc2)cc1)Nc1cccc(-c2ccc3nnc(-c4cccnc4)n3n2)c1. The molecule has 0 spiro atoms. The minimum atomic E-state index is -0.254. The van der Waals surface area contributed by atoms with Crippen LogP contribution >= 0.6 is 0 Å². The Morgan fingerprint density at radius 2 is 1.55 bits per heavy atom. The highest BCUT2D eigenvalue weighted by atomic mass is 16.5. The standard InChI is InChI=1S/C30H22N6O2/c37-29(20-38-26-13-11-22(12-14-26)21-6-2-1-3-7-21)32-25-10-4-8-23(18-25)27-15-16-28-33-34-30(36(28)35-27)24-9-5-17-31-19-24/h1-19H,20H2,(H,32,37). The molecule has 0 aliphatic rings. The van der Waals surface area contributed by atoms with Crippen LogP contribution in [0, 0.1) is 0 Å². The summed E-state index contributed by atoms with van der Waals surface area (Å²) in [6.07, 6.45) is 3.43. The lowest BCUT2D eigenvalue weighted by molar-refractivity contribution is -0.118. The maximum Gasteiger partial charge on any atom is 0.262 e. The lowest BCUT2D eigenvalue weighted by atomic mass is 10.1. The number of rotatable bonds is 7. The number of ether oxygens (including phenoxy) is 1. The zero-order valence-corrected chi connectivity index (χ0v) is 20.2. The molecule has 3 heterocycles. The van der Waals surface area contributed by atoms with E-state index in [2.05, 4.69) is 32.6 Å². The number of amides is 1. The average Bonchev–Trinajstić information content (AvgIpc) is 3.41. The molecule has 0 saturated heterocycles. The highest BCUT2D eigenvalue weighted by Crippen LogP contribution is 2.24. The van der Waals surface area contributed by atoms with Crippen molar-refractivity contribution in [1.82, 2.24) is 24.8 Å². The van der Waals surface area contributed by atoms with Gasteiger partial charge < -0.3 is 10.1 Å². The largest absolute Gasteiger partial charge is 0.484 e. The molecule has 8 nitrogen and oxygen atoms in total. The Bertz CT molecular complexity index is 1700. The van der Waals surface area contributed by atoms with Crippen molar-refractivity contribution in [2.75, 3.05) is 11.9 Å². The summed E-state index contributed by atoms with van der Waals surface area (Å²) in [7, 11) is 0. The van der Waals surface area contributed by atoms with Crippen LogP contribution in [0.25, 0.3) is 39.4 Å². The van der Waals surface area contributed by atoms with Crippen molar-refractivity contribution in [3.63, 3.8) is 0 Å². The van der Waals surface area contributed by atoms with Crippen molar-refractivity contribution in [3.8, 4) is 39.5 Å². The number of aromatic nitrogens is 5. The van der Waals surface area contributed by atoms with E-state index in [1.165, 1.54) is 0 Å². The predicted octanol–water partition coefficient (Wildman–Crippen LogP) is 5.54. The van der Waals surface area contributed by atoms with E-state index in [1.807, 2.05) is 91.0 Å². The first kappa shape index (κ1) is 23.1. The Morgan fingerprint density at radius 3 is 2.37 bits per heavy atom. The summed E-state index contributed by atoms with van der Waals surface area (Å²) in [4.78, 5) is 16.7. The summed E-state index contributed by atoms with van der Waals surface area (Å²) in [5.74, 6) is 0.980. The smallest absolute Gasteiger partial charge is 0.262 e. The number of carbonyl (C=O) groups is 1. The number of hydrogen-bond acceptors (Lipinski definition) is 6. The molecule has 1 N–H and O–H groups in total. The third-order valence-electron chi connectivity index (χ3n) is 5.96. The summed E-state index contributed by atoms with van der Waals surface area (Å²) < 4.78 is 7.38. The van der Waals surface area contributed by atoms with Crippen molar-refractivity contribution < 1.29 is 9.53 Å². The quantitative estimate of drug-likeness (QED) is 0.311. The molecule has 184 valence electrons. The molecule has 0 saturated carbocycles. The molecule has 0 aliphatic heterocycles. The topological polar surface area (TPSA) is 94.3 Å². The summed E-state index contributed by atoms with van der Waals surface area (Å²) >= 11 is 0. The second kappa shape index (κ2) is 10.3. The van der Waals surface area contributed by atoms with Gasteiger partial charge in [-0.05, 0) is 59.7 Å². The van der Waals surface area contributed by atoms with E-state index in [-0.39, 0.29) is 12.5 Å². The van der Waals surface area contributed by atoms with Crippen molar-refractivity contribution >= 4 is 17.2 Å². The molecule has 38 heavy (non-hydrogen) atoms. The highest BCUT2D eigenvalue weighted by Gasteiger charge is 2.12. The van der Waals surface area contributed by atoms with E-state index in [0.29, 0.717) is 28.6 Å². The van der Waals surface area contributed by atoms with Gasteiger partial charge in [-0.15, -0.1) is 10.2 Å². The Hall–Kier alpha value is -5.37. The summed E-state index contributed by atoms with van der Waals surface area (Å²) in [6, 6.07) is 32.8. The molecule has 3 aromatic heterocycles. The molecule has 0 radical (unpaired) electrons. The van der Waals surface area contributed by atoms with Crippen LogP contribution in [0.15, 0.2) is 116 Å². The van der Waals surface area contributed by atoms with Gasteiger partial charge in [0, 0.05) is 29.2 Å². The molecule has 6 rings (SSSR count). The zero-order valence-electron chi connectivity index (χ0n) is 20.2. The fourth-order valence-electron chi connectivity index (χ4n) is 4.09. The lowest BCUT2D eigenvalue weighted by Gasteiger charge is -2.10. The number of carbonyl (C=O) groups excluding carboxylic acids is 1. The monoisotopic (exact) mass is 498 g/mol. The van der Waals surface area contributed by atoms with Gasteiger partial charge in [0.25, 0.3) is 5.91 Å². The number of nitrogens with one attached hydrogen (secondary N) is 1. The van der Waals surface area contributed by atoms with Gasteiger partial charge in [-0.25, -0.2) is 0 Å². The average molecular weight is 499 g/mol. The summed E-state index contributed by atoms with van der Waals surface area (Å²) in [6.45, 7) is -0.103. The lowest BCUT2D eigenvalue weighted by Crippen LogP contribution is -2.20. The number of nitrogens with zero attached hydrogens (tertiary/aromatic N) is 5. The molecular formula is C30H22N6O2. The van der Waals surface area contributed by atoms with Crippen LogP contribution in [-0.4, -0.2) is 37.3 Å². The van der Waals surface area contributed by atoms with Gasteiger partial charge in [0.15, 0.2) is 18.1 Å². The third kappa shape index (κ3) is 4.96. The molecule has 8 heteroatoms. The number of benzene rings is 3. The second-order valence-electron chi connectivity index (χ2n) is 8.56. The summed E-state index contributed by atoms with van der Waals surface area (Å²) in [5.41, 5.74) is 5.87. The number of anilines is 1. The minimum Gasteiger partial charge on any atom is -0.484 e. The maximum atomic E-state index is 12.6. The Balaban J connectivity index is 1.13. The Kier molecular flexibility index (Phi) is 6.26. The molecular weight excluding hydrogens is 476 g/mol. The van der Waals surface area contributed by atoms with Gasteiger partial charge in [-0.2, -0.15) is 9.61 Å². The van der Waals surface area contributed by atoms with Crippen molar-refractivity contribution in [2.24, 2.45) is 0 Å². The van der Waals surface area contributed by atoms with Crippen LogP contribution in [0.4, 0.5) is 5.69 Å². The van der Waals surface area contributed by atoms with Crippen LogP contribution in [-0.2, 0) is 4.79 Å². The van der Waals surface area contributed by atoms with Crippen LogP contribution in [0.2, 0.25) is 0 Å². The Labute approximate surface area is 218 Å². The van der Waals surface area contributed by atoms with Gasteiger partial charge in [-0.3, -0.25) is 9.78 Å². The van der Waals surface area contributed by atoms with E-state index < -0.39 is 0 Å². The van der Waals surface area contributed by atoms with Gasteiger partial charge in [-0.1, -0.05) is 54.6 Å². The molecule has 0 unspecified atom stereocenters. The van der Waals surface area contributed by atoms with Crippen molar-refractivity contribution in [1.29, 1.82) is 0 Å². The second-order valence-corrected chi connectivity index (χ2v) is 8.56. The first-order valence-electron chi connectivity index (χ1n) is 12.0. The minimum absolute atomic E-state index is 0.103. The first-order valence-corrected chi connectivity index (χ1v) is 12.0. The van der Waals surface area contributed by atoms with Gasteiger partial charge >= 0.3 is 0 Å². The van der Waals surface area contributed by atoms with Crippen LogP contribution in [0.5, 0.6) is 5.75 Å². The first-order chi connectivity index (χ1) is 18.7. The fourth-order valence-corrected chi connectivity index (χ4v) is 4.09. The number of fused-ring (bicyclic) bond motifs is 1. The van der Waals surface area contributed by atoms with E-state index in [1.54, 1.807) is 16.9 Å². The van der Waals surface area contributed by atoms with Crippen LogP contribution in [0.3, 0.4) is 0 Å². The maximum absolute atomic E-state index is 12.6.